The minimum absolute atomic E-state index is 0.0493. The molecule has 0 aliphatic carbocycles. The van der Waals surface area contributed by atoms with Gasteiger partial charge in [0.25, 0.3) is 0 Å². The number of piperidine rings is 1. The summed E-state index contributed by atoms with van der Waals surface area (Å²) < 4.78 is 0. The second-order valence-corrected chi connectivity index (χ2v) is 9.50. The Morgan fingerprint density at radius 3 is 2.35 bits per heavy atom. The molecule has 1 aliphatic rings. The number of likely N-dealkylation sites (tertiary alicyclic amines) is 1. The van der Waals surface area contributed by atoms with Gasteiger partial charge >= 0.3 is 0 Å². The van der Waals surface area contributed by atoms with Crippen LogP contribution in [-0.2, 0) is 11.3 Å². The van der Waals surface area contributed by atoms with E-state index >= 15 is 0 Å². The van der Waals surface area contributed by atoms with Gasteiger partial charge in [0, 0.05) is 30.7 Å². The zero-order valence-corrected chi connectivity index (χ0v) is 19.8. The van der Waals surface area contributed by atoms with E-state index in [1.807, 2.05) is 35.2 Å². The Bertz CT molecular complexity index is 850. The maximum atomic E-state index is 13.1. The fraction of sp³-hybridized carbons (Fsp3) is 0.444. The lowest BCUT2D eigenvalue weighted by molar-refractivity contribution is -0.126. The molecule has 166 valence electrons. The van der Waals surface area contributed by atoms with Gasteiger partial charge in [-0.05, 0) is 72.7 Å². The Morgan fingerprint density at radius 2 is 1.74 bits per heavy atom. The smallest absolute Gasteiger partial charge is 0.246 e. The van der Waals surface area contributed by atoms with Gasteiger partial charge in [-0.25, -0.2) is 0 Å². The molecule has 1 aliphatic heterocycles. The number of rotatable bonds is 8. The van der Waals surface area contributed by atoms with Gasteiger partial charge in [-0.15, -0.1) is 0 Å². The lowest BCUT2D eigenvalue weighted by Crippen LogP contribution is -2.40. The molecule has 3 rings (SSSR count). The van der Waals surface area contributed by atoms with Crippen molar-refractivity contribution in [3.8, 4) is 0 Å². The van der Waals surface area contributed by atoms with Crippen LogP contribution in [0.3, 0.4) is 0 Å². The average Bonchev–Trinajstić information content (AvgIpc) is 2.77. The highest BCUT2D eigenvalue weighted by atomic mass is 35.5. The minimum atomic E-state index is 0.0493. The van der Waals surface area contributed by atoms with Crippen LogP contribution in [0.25, 0.3) is 6.08 Å². The van der Waals surface area contributed by atoms with Crippen LogP contribution in [0, 0.1) is 5.92 Å². The van der Waals surface area contributed by atoms with Crippen molar-refractivity contribution in [1.82, 2.24) is 9.80 Å². The van der Waals surface area contributed by atoms with Gasteiger partial charge in [0.05, 0.1) is 0 Å². The van der Waals surface area contributed by atoms with E-state index in [9.17, 15) is 4.79 Å². The molecule has 1 saturated heterocycles. The second-order valence-electron chi connectivity index (χ2n) is 9.07. The van der Waals surface area contributed by atoms with Crippen LogP contribution in [0.4, 0.5) is 0 Å². The SMILES string of the molecule is CC1CCN(CCN(Cc2ccc(Cl)cc2)C(=O)/C=C/c2ccc(C(C)C)cc2)CC1. The fourth-order valence-corrected chi connectivity index (χ4v) is 4.02. The van der Waals surface area contributed by atoms with Gasteiger partial charge in [-0.1, -0.05) is 68.8 Å². The Morgan fingerprint density at radius 1 is 1.10 bits per heavy atom. The summed E-state index contributed by atoms with van der Waals surface area (Å²) >= 11 is 6.03. The number of hydrogen-bond acceptors (Lipinski definition) is 2. The van der Waals surface area contributed by atoms with Crippen molar-refractivity contribution >= 4 is 23.6 Å². The van der Waals surface area contributed by atoms with Gasteiger partial charge in [0.1, 0.15) is 0 Å². The predicted octanol–water partition coefficient (Wildman–Crippen LogP) is 6.24. The summed E-state index contributed by atoms with van der Waals surface area (Å²) in [6.07, 6.45) is 6.12. The number of nitrogens with zero attached hydrogens (tertiary/aromatic N) is 2. The van der Waals surface area contributed by atoms with Crippen molar-refractivity contribution in [3.05, 3.63) is 76.3 Å². The third-order valence-corrected chi connectivity index (χ3v) is 6.43. The highest BCUT2D eigenvalue weighted by Gasteiger charge is 2.18. The fourth-order valence-electron chi connectivity index (χ4n) is 3.89. The Balaban J connectivity index is 1.66. The number of benzene rings is 2. The summed E-state index contributed by atoms with van der Waals surface area (Å²) in [5, 5.41) is 0.716. The molecule has 0 unspecified atom stereocenters. The summed E-state index contributed by atoms with van der Waals surface area (Å²) in [5.74, 6) is 1.37. The summed E-state index contributed by atoms with van der Waals surface area (Å²) in [4.78, 5) is 17.5. The number of amides is 1. The molecular formula is C27H35ClN2O. The lowest BCUT2D eigenvalue weighted by atomic mass is 9.99. The van der Waals surface area contributed by atoms with Crippen molar-refractivity contribution in [1.29, 1.82) is 0 Å². The van der Waals surface area contributed by atoms with Gasteiger partial charge < -0.3 is 9.80 Å². The topological polar surface area (TPSA) is 23.6 Å². The predicted molar refractivity (Wildman–Crippen MR) is 131 cm³/mol. The third-order valence-electron chi connectivity index (χ3n) is 6.18. The van der Waals surface area contributed by atoms with Crippen LogP contribution >= 0.6 is 11.6 Å². The van der Waals surface area contributed by atoms with Crippen LogP contribution in [0.5, 0.6) is 0 Å². The lowest BCUT2D eigenvalue weighted by Gasteiger charge is -2.32. The molecular weight excluding hydrogens is 404 g/mol. The number of halogens is 1. The maximum Gasteiger partial charge on any atom is 0.246 e. The van der Waals surface area contributed by atoms with E-state index in [1.54, 1.807) is 6.08 Å². The molecule has 0 bridgehead atoms. The van der Waals surface area contributed by atoms with Crippen molar-refractivity contribution < 1.29 is 4.79 Å². The summed E-state index contributed by atoms with van der Waals surface area (Å²) in [6, 6.07) is 16.2. The number of hydrogen-bond donors (Lipinski definition) is 0. The third kappa shape index (κ3) is 7.52. The molecule has 3 nitrogen and oxygen atoms in total. The Hall–Kier alpha value is -2.10. The standard InChI is InChI=1S/C27H35ClN2O/c1-21(2)25-9-4-23(5-10-25)8-13-27(31)30(20-24-6-11-26(28)12-7-24)19-18-29-16-14-22(3)15-17-29/h4-13,21-22H,14-20H2,1-3H3/b13-8+. The first kappa shape index (κ1) is 23.6. The minimum Gasteiger partial charge on any atom is -0.334 e. The van der Waals surface area contributed by atoms with E-state index in [1.165, 1.54) is 18.4 Å². The van der Waals surface area contributed by atoms with E-state index in [2.05, 4.69) is 49.9 Å². The van der Waals surface area contributed by atoms with Crippen LogP contribution in [0.1, 0.15) is 56.2 Å². The molecule has 31 heavy (non-hydrogen) atoms. The second kappa shape index (κ2) is 11.5. The molecule has 1 amide bonds. The molecule has 4 heteroatoms. The molecule has 0 radical (unpaired) electrons. The first-order chi connectivity index (χ1) is 14.9. The molecule has 0 spiro atoms. The molecule has 0 N–H and O–H groups in total. The van der Waals surface area contributed by atoms with E-state index in [4.69, 9.17) is 11.6 Å². The maximum absolute atomic E-state index is 13.1. The molecule has 2 aromatic rings. The van der Waals surface area contributed by atoms with Crippen molar-refractivity contribution in [3.63, 3.8) is 0 Å². The van der Waals surface area contributed by atoms with Crippen molar-refractivity contribution in [2.24, 2.45) is 5.92 Å². The first-order valence-corrected chi connectivity index (χ1v) is 11.8. The molecule has 0 aromatic heterocycles. The normalized spacial score (nSPS) is 15.6. The van der Waals surface area contributed by atoms with Crippen LogP contribution in [-0.4, -0.2) is 41.9 Å². The average molecular weight is 439 g/mol. The first-order valence-electron chi connectivity index (χ1n) is 11.4. The quantitative estimate of drug-likeness (QED) is 0.455. The van der Waals surface area contributed by atoms with Crippen molar-refractivity contribution in [2.45, 2.75) is 46.1 Å². The molecule has 0 saturated carbocycles. The van der Waals surface area contributed by atoms with Crippen molar-refractivity contribution in [2.75, 3.05) is 26.2 Å². The summed E-state index contributed by atoms with van der Waals surface area (Å²) in [5.41, 5.74) is 3.46. The van der Waals surface area contributed by atoms with Crippen LogP contribution in [0.2, 0.25) is 5.02 Å². The summed E-state index contributed by atoms with van der Waals surface area (Å²) in [6.45, 7) is 11.2. The van der Waals surface area contributed by atoms with Gasteiger partial charge in [-0.2, -0.15) is 0 Å². The molecule has 0 atom stereocenters. The van der Waals surface area contributed by atoms with E-state index in [-0.39, 0.29) is 5.91 Å². The summed E-state index contributed by atoms with van der Waals surface area (Å²) in [7, 11) is 0. The molecule has 1 heterocycles. The monoisotopic (exact) mass is 438 g/mol. The molecule has 1 fully saturated rings. The number of carbonyl (C=O) groups excluding carboxylic acids is 1. The highest BCUT2D eigenvalue weighted by Crippen LogP contribution is 2.18. The van der Waals surface area contributed by atoms with Crippen LogP contribution < -0.4 is 0 Å². The van der Waals surface area contributed by atoms with Gasteiger partial charge in [0.2, 0.25) is 5.91 Å². The van der Waals surface area contributed by atoms with E-state index in [0.29, 0.717) is 17.5 Å². The largest absolute Gasteiger partial charge is 0.334 e. The van der Waals surface area contributed by atoms with E-state index < -0.39 is 0 Å². The molecule has 2 aromatic carbocycles. The zero-order chi connectivity index (χ0) is 22.2. The Labute approximate surface area is 192 Å². The van der Waals surface area contributed by atoms with Gasteiger partial charge in [0.15, 0.2) is 0 Å². The van der Waals surface area contributed by atoms with E-state index in [0.717, 1.165) is 43.2 Å². The number of carbonyl (C=O) groups is 1. The Kier molecular flexibility index (Phi) is 8.74. The zero-order valence-electron chi connectivity index (χ0n) is 19.1. The van der Waals surface area contributed by atoms with Gasteiger partial charge in [-0.3, -0.25) is 4.79 Å². The van der Waals surface area contributed by atoms with Crippen LogP contribution in [0.15, 0.2) is 54.6 Å². The highest BCUT2D eigenvalue weighted by molar-refractivity contribution is 6.30.